The van der Waals surface area contributed by atoms with Gasteiger partial charge in [0, 0.05) is 73.4 Å². The molecule has 12 fully saturated rings. The van der Waals surface area contributed by atoms with Gasteiger partial charge in [0.2, 0.25) is 0 Å². The van der Waals surface area contributed by atoms with Crippen LogP contribution in [0.5, 0.6) is 0 Å². The van der Waals surface area contributed by atoms with Gasteiger partial charge in [-0.2, -0.15) is 0 Å². The molecule has 0 amide bonds. The summed E-state index contributed by atoms with van der Waals surface area (Å²) < 4.78 is 50.7. The molecule has 12 N–H and O–H groups in total. The molecule has 16 aliphatic carbocycles. The van der Waals surface area contributed by atoms with E-state index in [2.05, 4.69) is 0 Å². The van der Waals surface area contributed by atoms with Crippen molar-refractivity contribution >= 4 is 52.0 Å². The Bertz CT molecular complexity index is 4140. The lowest BCUT2D eigenvalue weighted by molar-refractivity contribution is -0.223. The van der Waals surface area contributed by atoms with E-state index in [1.54, 1.807) is 79.7 Å². The Morgan fingerprint density at radius 1 is 0.414 bits per heavy atom. The van der Waals surface area contributed by atoms with Crippen molar-refractivity contribution in [3.63, 3.8) is 0 Å². The van der Waals surface area contributed by atoms with Gasteiger partial charge in [-0.05, 0) is 213 Å². The third-order valence-corrected chi connectivity index (χ3v) is 34.4. The summed E-state index contributed by atoms with van der Waals surface area (Å²) in [6, 6.07) is 0. The number of aliphatic hydroxyl groups excluding tert-OH is 8. The zero-order valence-electron chi connectivity index (χ0n) is 65.5. The van der Waals surface area contributed by atoms with Gasteiger partial charge in [-0.25, -0.2) is 13.2 Å². The molecule has 0 aromatic heterocycles. The van der Waals surface area contributed by atoms with Crippen LogP contribution in [0.1, 0.15) is 179 Å². The molecule has 0 heterocycles. The number of Topliss-reactive ketones (excluding diaryl/α,β-unsaturated/α-hetero) is 5. The van der Waals surface area contributed by atoms with E-state index in [1.165, 1.54) is 42.5 Å². The fraction of sp³-hybridized carbons (Fsp3) is 0.713. The van der Waals surface area contributed by atoms with Crippen LogP contribution >= 0.6 is 0 Å². The molecule has 0 aliphatic heterocycles. The van der Waals surface area contributed by atoms with Gasteiger partial charge in [-0.15, -0.1) is 0 Å². The monoisotopic (exact) mass is 1550 g/mol. The maximum absolute atomic E-state index is 17.0. The first kappa shape index (κ1) is 83.2. The smallest absolute Gasteiger partial charge is 0.192 e. The summed E-state index contributed by atoms with van der Waals surface area (Å²) in [4.78, 5) is 111. The second-order valence-electron chi connectivity index (χ2n) is 38.4. The predicted octanol–water partition coefficient (Wildman–Crippen LogP) is 6.42. The average Bonchev–Trinajstić information content (AvgIpc) is 1.64. The van der Waals surface area contributed by atoms with Crippen molar-refractivity contribution in [2.24, 2.45) is 114 Å². The zero-order chi connectivity index (χ0) is 81.9. The number of carbonyl (C=O) groups excluding carboxylic acids is 9. The standard InChI is InChI=1S/C23H31FO5.C22H29FO5.C21H27FO6.C21H26O5/c1-12-7-17-16-8-13(2)23(29,19(28)11-25)21(16,4)10-18(27)22(17,24)20(3)6-5-14(26)9-15(12)20;1-12-8-16-15-5-4-13-9-14(25)6-7-19(13,2)21(15,23)17(26)10-20(16,3)22(12,28)18(27)11-24;1-18-6-5-12(24)7-11(18)3-4-13-14-8-15(25)21(28,17(27)10-23)19(14,2)9-16(26)20(13,18)22;1-19-7-5-13(23)9-12(19)3-4-14-15-6-8-21(26,17(25)11-22)20(15,2)10-16(24)18(14)19/h5-6,9,12-13,16-18,25,27,29H,7-8,10-11H2,1-4H3;6-7,9,12,15-17,24,26,28H,4-5,8,10-11H2,1-3H3;5-7,13-16,23,25-26,28H,3-4,8-10H2,1-2H3;5,7,9,14-15,18,22,26H,3-4,6,8,10-11H2,1-2H3/t12?,13-,16?,17?,18?,20?,21?,22?,23?;12-,15?,16?,17?,19?,20?,21?,22?;;/m01../s1. The van der Waals surface area contributed by atoms with Gasteiger partial charge in [0.25, 0.3) is 0 Å². The highest BCUT2D eigenvalue weighted by molar-refractivity contribution is 6.04. The summed E-state index contributed by atoms with van der Waals surface area (Å²) in [5.41, 5.74) is -18.4. The molecule has 0 bridgehead atoms. The highest BCUT2D eigenvalue weighted by Crippen LogP contribution is 2.75. The number of hydrogen-bond donors (Lipinski definition) is 12. The molecule has 12 saturated carbocycles. The minimum atomic E-state index is -2.23. The van der Waals surface area contributed by atoms with E-state index in [0.29, 0.717) is 74.5 Å². The first-order valence-electron chi connectivity index (χ1n) is 40.0. The number of halogens is 3. The second kappa shape index (κ2) is 26.9. The molecule has 0 radical (unpaired) electrons. The molecule has 111 heavy (non-hydrogen) atoms. The highest BCUT2D eigenvalue weighted by atomic mass is 19.2. The zero-order valence-corrected chi connectivity index (χ0v) is 65.5. The molecular weight excluding hydrogens is 1440 g/mol. The summed E-state index contributed by atoms with van der Waals surface area (Å²) in [7, 11) is 0. The van der Waals surface area contributed by atoms with Gasteiger partial charge in [0.05, 0.1) is 24.4 Å². The van der Waals surface area contributed by atoms with Crippen LogP contribution in [-0.2, 0) is 43.2 Å². The van der Waals surface area contributed by atoms with Crippen molar-refractivity contribution in [3.8, 4) is 0 Å². The number of carbonyl (C=O) groups is 9. The Hall–Kier alpha value is -5.74. The normalized spacial score (nSPS) is 51.6. The first-order valence-corrected chi connectivity index (χ1v) is 40.0. The van der Waals surface area contributed by atoms with Crippen molar-refractivity contribution in [1.82, 2.24) is 0 Å². The van der Waals surface area contributed by atoms with Crippen LogP contribution in [-0.4, -0.2) is 204 Å². The van der Waals surface area contributed by atoms with Gasteiger partial charge in [0.1, 0.15) is 49.0 Å². The van der Waals surface area contributed by atoms with Gasteiger partial charge in [-0.1, -0.05) is 102 Å². The topological polar surface area (TPSA) is 396 Å². The van der Waals surface area contributed by atoms with E-state index < -0.39 is 192 Å². The van der Waals surface area contributed by atoms with Crippen molar-refractivity contribution in [2.45, 2.75) is 243 Å². The van der Waals surface area contributed by atoms with Gasteiger partial charge in [-0.3, -0.25) is 43.2 Å². The summed E-state index contributed by atoms with van der Waals surface area (Å²) in [5, 5.41) is 127. The van der Waals surface area contributed by atoms with Crippen LogP contribution in [0.3, 0.4) is 0 Å². The van der Waals surface area contributed by atoms with E-state index in [4.69, 9.17) is 0 Å². The minimum Gasteiger partial charge on any atom is -0.390 e. The summed E-state index contributed by atoms with van der Waals surface area (Å²) >= 11 is 0. The second-order valence-corrected chi connectivity index (χ2v) is 38.4. The third kappa shape index (κ3) is 10.5. The number of fused-ring (bicyclic) bond motifs is 20. The first-order chi connectivity index (χ1) is 51.5. The van der Waals surface area contributed by atoms with Crippen molar-refractivity contribution in [1.29, 1.82) is 0 Å². The lowest BCUT2D eigenvalue weighted by Crippen LogP contribution is -2.70. The number of alkyl halides is 3. The average molecular weight is 1550 g/mol. The Kier molecular flexibility index (Phi) is 20.2. The van der Waals surface area contributed by atoms with Gasteiger partial charge < -0.3 is 61.3 Å². The Morgan fingerprint density at radius 2 is 0.793 bits per heavy atom. The van der Waals surface area contributed by atoms with E-state index in [0.717, 1.165) is 18.4 Å². The quantitative estimate of drug-likeness (QED) is 0.125. The maximum atomic E-state index is 17.0. The molecule has 608 valence electrons. The molecule has 21 nitrogen and oxygen atoms in total. The fourth-order valence-electron chi connectivity index (χ4n) is 28.4. The molecule has 0 aromatic rings. The minimum absolute atomic E-state index is 0.0135. The number of allylic oxidation sites excluding steroid dienone is 16. The van der Waals surface area contributed by atoms with Gasteiger partial charge in [0.15, 0.2) is 68.9 Å². The Morgan fingerprint density at radius 3 is 1.25 bits per heavy atom. The molecule has 29 unspecified atom stereocenters. The highest BCUT2D eigenvalue weighted by Gasteiger charge is 2.80. The molecule has 16 rings (SSSR count). The van der Waals surface area contributed by atoms with Crippen LogP contribution in [0.2, 0.25) is 0 Å². The molecule has 0 aromatic carbocycles. The van der Waals surface area contributed by atoms with E-state index in [1.807, 2.05) is 26.8 Å². The number of rotatable bonds is 8. The maximum Gasteiger partial charge on any atom is 0.192 e. The molecule has 24 heteroatoms. The molecule has 0 saturated heterocycles. The third-order valence-electron chi connectivity index (χ3n) is 34.4. The molecule has 31 atom stereocenters. The van der Waals surface area contributed by atoms with Crippen LogP contribution in [0.25, 0.3) is 0 Å². The van der Waals surface area contributed by atoms with E-state index in [9.17, 15) is 104 Å². The molecule has 0 spiro atoms. The van der Waals surface area contributed by atoms with Crippen molar-refractivity contribution in [3.05, 3.63) is 95.2 Å². The Labute approximate surface area is 645 Å². The van der Waals surface area contributed by atoms with E-state index >= 15 is 13.2 Å². The van der Waals surface area contributed by atoms with Crippen LogP contribution in [0, 0.1) is 114 Å². The Balaban J connectivity index is 0.000000130. The van der Waals surface area contributed by atoms with Crippen molar-refractivity contribution in [2.75, 3.05) is 26.4 Å². The van der Waals surface area contributed by atoms with E-state index in [-0.39, 0.29) is 96.5 Å². The van der Waals surface area contributed by atoms with Gasteiger partial charge >= 0.3 is 0 Å². The van der Waals surface area contributed by atoms with Crippen molar-refractivity contribution < 1.29 is 118 Å². The fourth-order valence-corrected chi connectivity index (χ4v) is 28.4. The number of aliphatic hydroxyl groups is 12. The largest absolute Gasteiger partial charge is 0.390 e. The SMILES string of the molecule is CC12C=CC(=O)C=C1CCC1C2C(=O)CC2(C)C1CCC2(O)C(=O)CO.CC12C=CC(=O)C=C1CCC1C3CC(O)C(O)(C(=O)CO)C3(C)CC(O)C12F.CC1CC2C3C[C@H](C)C(O)(C(=O)CO)C3(C)CC(O)C2(F)C2(C)C=CC(=O)C=C12.C[C@@H]1CC2C3CCC4=CC(=O)C=CC4(C)C3(F)C(O)CC2(C)C1(O)C(=O)CO. The lowest BCUT2D eigenvalue weighted by Gasteiger charge is -2.63. The van der Waals surface area contributed by atoms with Crippen LogP contribution in [0.15, 0.2) is 95.2 Å². The van der Waals surface area contributed by atoms with Crippen LogP contribution in [0.4, 0.5) is 13.2 Å². The summed E-state index contributed by atoms with van der Waals surface area (Å²) in [5.74, 6) is -7.32. The lowest BCUT2D eigenvalue weighted by atomic mass is 9.43. The summed E-state index contributed by atoms with van der Waals surface area (Å²) in [6.45, 7) is 16.5. The molecular formula is C87H113F3O21. The predicted molar refractivity (Wildman–Crippen MR) is 395 cm³/mol. The molecule has 16 aliphatic rings. The number of hydrogen-bond acceptors (Lipinski definition) is 21. The number of ketones is 9. The van der Waals surface area contributed by atoms with Crippen LogP contribution < -0.4 is 0 Å². The summed E-state index contributed by atoms with van der Waals surface area (Å²) in [6.07, 6.45) is 18.1.